The molecule has 19 heavy (non-hydrogen) atoms. The van der Waals surface area contributed by atoms with Gasteiger partial charge in [-0.05, 0) is 25.0 Å². The second-order valence-electron chi connectivity index (χ2n) is 4.62. The van der Waals surface area contributed by atoms with Gasteiger partial charge in [0.05, 0.1) is 0 Å². The van der Waals surface area contributed by atoms with Gasteiger partial charge in [0.2, 0.25) is 0 Å². The van der Waals surface area contributed by atoms with E-state index in [1.165, 1.54) is 12.3 Å². The predicted octanol–water partition coefficient (Wildman–Crippen LogP) is 1.95. The molecule has 1 heterocycles. The summed E-state index contributed by atoms with van der Waals surface area (Å²) < 4.78 is 0. The topological polar surface area (TPSA) is 79.3 Å². The van der Waals surface area contributed by atoms with E-state index in [0.717, 1.165) is 6.08 Å². The summed E-state index contributed by atoms with van der Waals surface area (Å²) >= 11 is 0. The first kappa shape index (κ1) is 14.9. The van der Waals surface area contributed by atoms with Crippen molar-refractivity contribution in [2.24, 2.45) is 5.92 Å². The van der Waals surface area contributed by atoms with E-state index >= 15 is 0 Å². The van der Waals surface area contributed by atoms with Crippen LogP contribution in [0.4, 0.5) is 0 Å². The molecule has 2 N–H and O–H groups in total. The maximum Gasteiger partial charge on any atom is 0.328 e. The van der Waals surface area contributed by atoms with Gasteiger partial charge in [0.1, 0.15) is 5.69 Å². The zero-order valence-corrected chi connectivity index (χ0v) is 11.3. The van der Waals surface area contributed by atoms with Crippen LogP contribution in [0.5, 0.6) is 0 Å². The molecule has 1 aromatic rings. The van der Waals surface area contributed by atoms with Gasteiger partial charge in [-0.1, -0.05) is 19.9 Å². The summed E-state index contributed by atoms with van der Waals surface area (Å²) in [7, 11) is 0. The Morgan fingerprint density at radius 2 is 2.05 bits per heavy atom. The van der Waals surface area contributed by atoms with Gasteiger partial charge in [0.25, 0.3) is 5.91 Å². The van der Waals surface area contributed by atoms with Crippen LogP contribution in [0.2, 0.25) is 0 Å². The minimum atomic E-state index is -1.06. The Balaban J connectivity index is 2.94. The fourth-order valence-corrected chi connectivity index (χ4v) is 1.34. The molecule has 0 spiro atoms. The van der Waals surface area contributed by atoms with E-state index in [9.17, 15) is 9.59 Å². The molecule has 1 amide bonds. The third-order valence-corrected chi connectivity index (χ3v) is 2.82. The number of pyridine rings is 1. The van der Waals surface area contributed by atoms with E-state index in [0.29, 0.717) is 11.5 Å². The third kappa shape index (κ3) is 4.54. The summed E-state index contributed by atoms with van der Waals surface area (Å²) in [5, 5.41) is 11.5. The Hall–Kier alpha value is -2.17. The Morgan fingerprint density at radius 1 is 1.37 bits per heavy atom. The lowest BCUT2D eigenvalue weighted by Gasteiger charge is -2.17. The standard InChI is InChI=1S/C14H18N2O3/c1-9(2)10(3)16-14(19)13-11(5-4-8-15-13)6-7-12(17)18/h4-10H,1-3H3,(H,16,19)(H,17,18)/b7-6+. The van der Waals surface area contributed by atoms with Gasteiger partial charge in [0.15, 0.2) is 0 Å². The molecule has 102 valence electrons. The lowest BCUT2D eigenvalue weighted by molar-refractivity contribution is -0.131. The van der Waals surface area contributed by atoms with Crippen molar-refractivity contribution < 1.29 is 14.7 Å². The van der Waals surface area contributed by atoms with E-state index in [2.05, 4.69) is 10.3 Å². The molecule has 0 aromatic carbocycles. The lowest BCUT2D eigenvalue weighted by atomic mass is 10.1. The van der Waals surface area contributed by atoms with E-state index in [4.69, 9.17) is 5.11 Å². The molecule has 5 nitrogen and oxygen atoms in total. The number of hydrogen-bond donors (Lipinski definition) is 2. The van der Waals surface area contributed by atoms with Crippen LogP contribution in [0, 0.1) is 5.92 Å². The monoisotopic (exact) mass is 262 g/mol. The highest BCUT2D eigenvalue weighted by Crippen LogP contribution is 2.09. The molecule has 1 rings (SSSR count). The Labute approximate surface area is 112 Å². The molecule has 5 heteroatoms. The second-order valence-corrected chi connectivity index (χ2v) is 4.62. The number of aromatic nitrogens is 1. The second kappa shape index (κ2) is 6.68. The molecule has 0 radical (unpaired) electrons. The Morgan fingerprint density at radius 3 is 2.63 bits per heavy atom. The number of carboxylic acids is 1. The van der Waals surface area contributed by atoms with Crippen molar-refractivity contribution in [3.8, 4) is 0 Å². The molecule has 0 fully saturated rings. The van der Waals surface area contributed by atoms with E-state index in [-0.39, 0.29) is 17.6 Å². The number of amides is 1. The quantitative estimate of drug-likeness (QED) is 0.795. The van der Waals surface area contributed by atoms with Crippen molar-refractivity contribution in [2.45, 2.75) is 26.8 Å². The van der Waals surface area contributed by atoms with Gasteiger partial charge in [-0.3, -0.25) is 9.78 Å². The molecule has 0 aliphatic carbocycles. The zero-order chi connectivity index (χ0) is 14.4. The van der Waals surface area contributed by atoms with Crippen LogP contribution in [-0.2, 0) is 4.79 Å². The summed E-state index contributed by atoms with van der Waals surface area (Å²) in [6.07, 6.45) is 3.86. The summed E-state index contributed by atoms with van der Waals surface area (Å²) in [5.41, 5.74) is 0.714. The van der Waals surface area contributed by atoms with Gasteiger partial charge in [0, 0.05) is 23.9 Å². The number of aliphatic carboxylic acids is 1. The number of nitrogens with one attached hydrogen (secondary N) is 1. The van der Waals surface area contributed by atoms with Crippen LogP contribution in [0.15, 0.2) is 24.4 Å². The fraction of sp³-hybridized carbons (Fsp3) is 0.357. The largest absolute Gasteiger partial charge is 0.478 e. The molecule has 1 unspecified atom stereocenters. The van der Waals surface area contributed by atoms with Gasteiger partial charge in [-0.15, -0.1) is 0 Å². The van der Waals surface area contributed by atoms with Gasteiger partial charge in [-0.25, -0.2) is 4.79 Å². The normalized spacial score (nSPS) is 12.6. The minimum Gasteiger partial charge on any atom is -0.478 e. The van der Waals surface area contributed by atoms with E-state index in [1.54, 1.807) is 12.1 Å². The number of hydrogen-bond acceptors (Lipinski definition) is 3. The molecule has 1 aromatic heterocycles. The molecular weight excluding hydrogens is 244 g/mol. The number of carbonyl (C=O) groups is 2. The van der Waals surface area contributed by atoms with Crippen LogP contribution >= 0.6 is 0 Å². The summed E-state index contributed by atoms with van der Waals surface area (Å²) in [6, 6.07) is 3.33. The Kier molecular flexibility index (Phi) is 5.23. The number of carbonyl (C=O) groups excluding carboxylic acids is 1. The molecule has 0 aliphatic heterocycles. The average Bonchev–Trinajstić information content (AvgIpc) is 2.36. The average molecular weight is 262 g/mol. The zero-order valence-electron chi connectivity index (χ0n) is 11.3. The van der Waals surface area contributed by atoms with Crippen LogP contribution in [0.1, 0.15) is 36.8 Å². The van der Waals surface area contributed by atoms with Crippen LogP contribution < -0.4 is 5.32 Å². The van der Waals surface area contributed by atoms with Crippen molar-refractivity contribution >= 4 is 18.0 Å². The van der Waals surface area contributed by atoms with Crippen LogP contribution in [0.3, 0.4) is 0 Å². The van der Waals surface area contributed by atoms with Crippen molar-refractivity contribution in [1.82, 2.24) is 10.3 Å². The highest BCUT2D eigenvalue weighted by Gasteiger charge is 2.15. The maximum absolute atomic E-state index is 12.1. The SMILES string of the molecule is CC(C)C(C)NC(=O)c1ncccc1/C=C/C(=O)O. The highest BCUT2D eigenvalue weighted by atomic mass is 16.4. The van der Waals surface area contributed by atoms with Crippen molar-refractivity contribution in [1.29, 1.82) is 0 Å². The van der Waals surface area contributed by atoms with Crippen LogP contribution in [0.25, 0.3) is 6.08 Å². The molecule has 0 bridgehead atoms. The van der Waals surface area contributed by atoms with Crippen LogP contribution in [-0.4, -0.2) is 28.0 Å². The number of carboxylic acid groups (broad SMARTS) is 1. The van der Waals surface area contributed by atoms with Crippen molar-refractivity contribution in [2.75, 3.05) is 0 Å². The Bertz CT molecular complexity index is 495. The van der Waals surface area contributed by atoms with E-state index in [1.807, 2.05) is 20.8 Å². The first-order chi connectivity index (χ1) is 8.91. The fourth-order valence-electron chi connectivity index (χ4n) is 1.34. The predicted molar refractivity (Wildman–Crippen MR) is 72.7 cm³/mol. The summed E-state index contributed by atoms with van der Waals surface area (Å²) in [6.45, 7) is 5.93. The molecule has 1 atom stereocenters. The first-order valence-corrected chi connectivity index (χ1v) is 6.08. The van der Waals surface area contributed by atoms with E-state index < -0.39 is 5.97 Å². The maximum atomic E-state index is 12.1. The minimum absolute atomic E-state index is 0.0193. The van der Waals surface area contributed by atoms with Gasteiger partial charge >= 0.3 is 5.97 Å². The summed E-state index contributed by atoms with van der Waals surface area (Å²) in [4.78, 5) is 26.6. The molecular formula is C14H18N2O3. The van der Waals surface area contributed by atoms with Gasteiger partial charge < -0.3 is 10.4 Å². The number of rotatable bonds is 5. The molecule has 0 saturated heterocycles. The van der Waals surface area contributed by atoms with Crippen molar-refractivity contribution in [3.63, 3.8) is 0 Å². The van der Waals surface area contributed by atoms with Crippen molar-refractivity contribution in [3.05, 3.63) is 35.7 Å². The van der Waals surface area contributed by atoms with Gasteiger partial charge in [-0.2, -0.15) is 0 Å². The molecule has 0 aliphatic rings. The smallest absolute Gasteiger partial charge is 0.328 e. The summed E-state index contributed by atoms with van der Waals surface area (Å²) in [5.74, 6) is -1.05. The highest BCUT2D eigenvalue weighted by molar-refractivity contribution is 5.97. The third-order valence-electron chi connectivity index (χ3n) is 2.82. The lowest BCUT2D eigenvalue weighted by Crippen LogP contribution is -2.36. The molecule has 0 saturated carbocycles. The number of nitrogens with zero attached hydrogens (tertiary/aromatic N) is 1. The first-order valence-electron chi connectivity index (χ1n) is 6.08.